The fourth-order valence-corrected chi connectivity index (χ4v) is 10.1. The molecule has 0 radical (unpaired) electrons. The standard InChI is InChI=1S/C53H59ClN7O12P/c1-31(2)37(10-5-21-56-47(64)12-7-23-60-48(65)19-20-49(60)66)51(67)59-41(11-6-22-57-53(55)69)45(63)25-32-13-16-34(17-14-32)44(62)26-33-15-18-40-35(24-33)27-42(58-40)52(68)61-30-36(29-54)50-39-9-4-3-8-38(39)46(28-43(50)61)73-74(70,71)72/h3-4,8-9,13-20,24,27-28,31,36-37,41,58H,5-7,10-12,21-23,25-26,29-30H2,1-2H3,(H,56,64)(H,59,67)(H3,55,57,69)(H2,70,71,72)/t36-,37+,41+/m1/s1. The van der Waals surface area contributed by atoms with Crippen LogP contribution in [-0.2, 0) is 41.4 Å². The number of imide groups is 1. The van der Waals surface area contributed by atoms with Crippen LogP contribution in [0.1, 0.15) is 95.8 Å². The van der Waals surface area contributed by atoms with Crippen LogP contribution < -0.4 is 31.1 Å². The smallest absolute Gasteiger partial charge is 0.404 e. The first-order valence-electron chi connectivity index (χ1n) is 24.4. The Morgan fingerprint density at radius 3 is 2.20 bits per heavy atom. The largest absolute Gasteiger partial charge is 0.524 e. The maximum absolute atomic E-state index is 14.2. The molecule has 7 rings (SSSR count). The molecule has 390 valence electrons. The number of aromatic nitrogens is 1. The molecule has 2 aliphatic rings. The van der Waals surface area contributed by atoms with Crippen LogP contribution in [0.4, 0.5) is 10.5 Å². The van der Waals surface area contributed by atoms with Crippen molar-refractivity contribution in [3.8, 4) is 5.75 Å². The maximum Gasteiger partial charge on any atom is 0.524 e. The fraction of sp³-hybridized carbons (Fsp3) is 0.358. The molecule has 0 unspecified atom stereocenters. The van der Waals surface area contributed by atoms with Crippen LogP contribution >= 0.6 is 19.4 Å². The van der Waals surface area contributed by atoms with Gasteiger partial charge in [0.2, 0.25) is 11.8 Å². The molecule has 0 fully saturated rings. The number of nitrogens with one attached hydrogen (secondary N) is 4. The third kappa shape index (κ3) is 13.7. The molecule has 1 aromatic heterocycles. The van der Waals surface area contributed by atoms with Crippen molar-refractivity contribution in [2.75, 3.05) is 37.0 Å². The number of alkyl halides is 1. The Morgan fingerprint density at radius 2 is 1.53 bits per heavy atom. The van der Waals surface area contributed by atoms with E-state index in [2.05, 4.69) is 20.9 Å². The number of ketones is 2. The number of nitrogens with two attached hydrogens (primary N) is 1. The van der Waals surface area contributed by atoms with Crippen molar-refractivity contribution < 1.29 is 57.2 Å². The van der Waals surface area contributed by atoms with Crippen LogP contribution in [0.3, 0.4) is 0 Å². The van der Waals surface area contributed by atoms with Crippen LogP contribution in [-0.4, -0.2) is 105 Å². The quantitative estimate of drug-likeness (QED) is 0.0114. The lowest BCUT2D eigenvalue weighted by molar-refractivity contribution is -0.137. The summed E-state index contributed by atoms with van der Waals surface area (Å²) in [5.41, 5.74) is 9.05. The molecule has 0 aliphatic carbocycles. The van der Waals surface area contributed by atoms with Crippen LogP contribution in [0.5, 0.6) is 5.75 Å². The highest BCUT2D eigenvalue weighted by Gasteiger charge is 2.37. The Labute approximate surface area is 431 Å². The summed E-state index contributed by atoms with van der Waals surface area (Å²) < 4.78 is 17.0. The number of rotatable bonds is 25. The average molecular weight is 1050 g/mol. The number of Topliss-reactive ketones (excluding diaryl/α,β-unsaturated/α-hetero) is 2. The van der Waals surface area contributed by atoms with Gasteiger partial charge in [-0.15, -0.1) is 11.6 Å². The second kappa shape index (κ2) is 24.2. The van der Waals surface area contributed by atoms with Gasteiger partial charge in [-0.2, -0.15) is 0 Å². The summed E-state index contributed by atoms with van der Waals surface area (Å²) in [5, 5.41) is 10.1. The minimum atomic E-state index is -4.95. The molecule has 0 saturated carbocycles. The van der Waals surface area contributed by atoms with E-state index in [-0.39, 0.29) is 97.9 Å². The molecule has 4 aromatic carbocycles. The van der Waals surface area contributed by atoms with Gasteiger partial charge in [0.15, 0.2) is 11.6 Å². The topological polar surface area (TPSA) is 288 Å². The zero-order valence-corrected chi connectivity index (χ0v) is 42.6. The SMILES string of the molecule is CC(C)[C@H](CCCNC(=O)CCCN1C(=O)C=CC1=O)C(=O)N[C@@H](CCCNC(N)=O)C(=O)Cc1ccc(C(=O)Cc2ccc3[nH]c(C(=O)N4C[C@@H](CCl)c5c4cc(OP(=O)(O)O)c4ccccc54)cc3c2)cc1. The minimum Gasteiger partial charge on any atom is -0.404 e. The van der Waals surface area contributed by atoms with E-state index in [4.69, 9.17) is 21.9 Å². The first kappa shape index (κ1) is 54.6. The van der Waals surface area contributed by atoms with Gasteiger partial charge in [0.25, 0.3) is 17.7 Å². The monoisotopic (exact) mass is 1050 g/mol. The summed E-state index contributed by atoms with van der Waals surface area (Å²) >= 11 is 6.42. The average Bonchev–Trinajstić information content (AvgIpc) is 4.05. The van der Waals surface area contributed by atoms with E-state index < -0.39 is 43.5 Å². The first-order valence-corrected chi connectivity index (χ1v) is 26.5. The number of H-pyrrole nitrogens is 1. The number of fused-ring (bicyclic) bond motifs is 4. The van der Waals surface area contributed by atoms with Crippen molar-refractivity contribution in [3.63, 3.8) is 0 Å². The number of phosphoric ester groups is 1. The summed E-state index contributed by atoms with van der Waals surface area (Å²) in [6.07, 6.45) is 4.32. The molecule has 0 bridgehead atoms. The van der Waals surface area contributed by atoms with Crippen molar-refractivity contribution in [1.29, 1.82) is 0 Å². The number of aromatic amines is 1. The number of carbonyl (C=O) groups is 8. The summed E-state index contributed by atoms with van der Waals surface area (Å²) in [6, 6.07) is 20.6. The number of anilines is 1. The number of hydrogen-bond donors (Lipinski definition) is 7. The lowest BCUT2D eigenvalue weighted by atomic mass is 9.89. The molecule has 3 heterocycles. The number of primary amides is 1. The van der Waals surface area contributed by atoms with Gasteiger partial charge in [0.1, 0.15) is 11.4 Å². The van der Waals surface area contributed by atoms with E-state index in [0.29, 0.717) is 76.3 Å². The number of benzene rings is 4. The highest BCUT2D eigenvalue weighted by molar-refractivity contribution is 7.46. The number of urea groups is 1. The van der Waals surface area contributed by atoms with E-state index in [1.165, 1.54) is 23.1 Å². The van der Waals surface area contributed by atoms with Crippen molar-refractivity contribution in [1.82, 2.24) is 25.8 Å². The van der Waals surface area contributed by atoms with Crippen LogP contribution in [0.25, 0.3) is 21.7 Å². The van der Waals surface area contributed by atoms with E-state index in [1.54, 1.807) is 66.7 Å². The Bertz CT molecular complexity index is 3040. The van der Waals surface area contributed by atoms with Gasteiger partial charge >= 0.3 is 13.9 Å². The Balaban J connectivity index is 0.948. The number of carbonyl (C=O) groups excluding carboxylic acids is 8. The minimum absolute atomic E-state index is 0.0368. The second-order valence-electron chi connectivity index (χ2n) is 18.8. The van der Waals surface area contributed by atoms with Crippen molar-refractivity contribution in [2.45, 2.75) is 77.2 Å². The molecule has 0 saturated heterocycles. The van der Waals surface area contributed by atoms with Crippen molar-refractivity contribution in [3.05, 3.63) is 119 Å². The predicted molar refractivity (Wildman–Crippen MR) is 278 cm³/mol. The van der Waals surface area contributed by atoms with E-state index in [9.17, 15) is 52.7 Å². The van der Waals surface area contributed by atoms with Gasteiger partial charge in [-0.05, 0) is 78.3 Å². The number of halogens is 1. The number of nitrogens with zero attached hydrogens (tertiary/aromatic N) is 2. The van der Waals surface area contributed by atoms with E-state index in [1.807, 2.05) is 19.9 Å². The molecule has 8 N–H and O–H groups in total. The summed E-state index contributed by atoms with van der Waals surface area (Å²) in [5.74, 6) is -2.93. The molecule has 21 heteroatoms. The van der Waals surface area contributed by atoms with Gasteiger partial charge in [-0.1, -0.05) is 68.4 Å². The third-order valence-corrected chi connectivity index (χ3v) is 14.0. The van der Waals surface area contributed by atoms with Gasteiger partial charge < -0.3 is 36.1 Å². The van der Waals surface area contributed by atoms with E-state index in [0.717, 1.165) is 10.5 Å². The molecule has 19 nitrogen and oxygen atoms in total. The summed E-state index contributed by atoms with van der Waals surface area (Å²) in [7, 11) is -4.95. The van der Waals surface area contributed by atoms with Crippen LogP contribution in [0.15, 0.2) is 91.0 Å². The molecular weight excluding hydrogens is 993 g/mol. The molecule has 2 aliphatic heterocycles. The van der Waals surface area contributed by atoms with Gasteiger partial charge in [0, 0.05) is 103 Å². The highest BCUT2D eigenvalue weighted by Crippen LogP contribution is 2.49. The second-order valence-corrected chi connectivity index (χ2v) is 20.3. The lowest BCUT2D eigenvalue weighted by Crippen LogP contribution is -2.46. The fourth-order valence-electron chi connectivity index (χ4n) is 9.47. The number of amides is 7. The van der Waals surface area contributed by atoms with Gasteiger partial charge in [-0.3, -0.25) is 48.2 Å². The molecular formula is C53H59ClN7O12P. The van der Waals surface area contributed by atoms with Crippen molar-refractivity contribution in [2.24, 2.45) is 17.6 Å². The van der Waals surface area contributed by atoms with Crippen LogP contribution in [0.2, 0.25) is 0 Å². The maximum atomic E-state index is 14.2. The molecule has 0 spiro atoms. The summed E-state index contributed by atoms with van der Waals surface area (Å²) in [4.78, 5) is 128. The molecule has 3 atom stereocenters. The molecule has 74 heavy (non-hydrogen) atoms. The normalized spacial score (nSPS) is 15.1. The Kier molecular flexibility index (Phi) is 17.9. The predicted octanol–water partition coefficient (Wildman–Crippen LogP) is 6.12. The molecule has 7 amide bonds. The van der Waals surface area contributed by atoms with Gasteiger partial charge in [0.05, 0.1) is 11.7 Å². The lowest BCUT2D eigenvalue weighted by Gasteiger charge is -2.24. The zero-order chi connectivity index (χ0) is 53.3. The highest BCUT2D eigenvalue weighted by atomic mass is 35.5. The van der Waals surface area contributed by atoms with Gasteiger partial charge in [-0.25, -0.2) is 9.36 Å². The molecule has 5 aromatic rings. The van der Waals surface area contributed by atoms with Crippen LogP contribution in [0, 0.1) is 11.8 Å². The number of phosphoric acid groups is 1. The first-order chi connectivity index (χ1) is 35.3. The Hall–Kier alpha value is -7.18. The Morgan fingerprint density at radius 1 is 0.851 bits per heavy atom. The number of hydrogen-bond acceptors (Lipinski definition) is 10. The third-order valence-electron chi connectivity index (χ3n) is 13.2. The summed E-state index contributed by atoms with van der Waals surface area (Å²) in [6.45, 7) is 4.66. The van der Waals surface area contributed by atoms with Crippen molar-refractivity contribution >= 4 is 93.9 Å². The van der Waals surface area contributed by atoms with E-state index >= 15 is 0 Å². The zero-order valence-electron chi connectivity index (χ0n) is 40.9.